The normalized spacial score (nSPS) is 10.6. The summed E-state index contributed by atoms with van der Waals surface area (Å²) in [6.45, 7) is 2.08. The number of rotatable bonds is 4. The van der Waals surface area contributed by atoms with E-state index in [-0.39, 0.29) is 0 Å². The molecule has 0 aliphatic rings. The van der Waals surface area contributed by atoms with Gasteiger partial charge in [0.15, 0.2) is 0 Å². The van der Waals surface area contributed by atoms with Crippen LogP contribution in [0, 0.1) is 6.92 Å². The number of hydrogen-bond acceptors (Lipinski definition) is 4. The Morgan fingerprint density at radius 3 is 2.12 bits per heavy atom. The average Bonchev–Trinajstić information content (AvgIpc) is 2.64. The highest BCUT2D eigenvalue weighted by molar-refractivity contribution is 5.92. The molecule has 0 fully saturated rings. The van der Waals surface area contributed by atoms with Crippen LogP contribution in [0.4, 0.5) is 23.1 Å². The van der Waals surface area contributed by atoms with Gasteiger partial charge in [-0.15, -0.1) is 0 Å². The number of anilines is 4. The number of benzene rings is 3. The zero-order valence-corrected chi connectivity index (χ0v) is 13.9. The fourth-order valence-electron chi connectivity index (χ4n) is 2.65. The van der Waals surface area contributed by atoms with Crippen LogP contribution in [0.3, 0.4) is 0 Å². The third-order valence-electron chi connectivity index (χ3n) is 3.95. The molecular formula is C21H18N4. The van der Waals surface area contributed by atoms with Gasteiger partial charge in [-0.2, -0.15) is 4.98 Å². The summed E-state index contributed by atoms with van der Waals surface area (Å²) in [5.41, 5.74) is 4.08. The smallest absolute Gasteiger partial charge is 0.229 e. The molecule has 0 aliphatic heterocycles. The maximum atomic E-state index is 4.68. The van der Waals surface area contributed by atoms with Crippen LogP contribution in [0.1, 0.15) is 5.56 Å². The molecule has 3 aromatic carbocycles. The van der Waals surface area contributed by atoms with Crippen molar-refractivity contribution in [2.24, 2.45) is 0 Å². The van der Waals surface area contributed by atoms with E-state index in [2.05, 4.69) is 51.8 Å². The number of aromatic nitrogens is 2. The predicted octanol–water partition coefficient (Wildman–Crippen LogP) is 5.43. The Labute approximate surface area is 146 Å². The minimum absolute atomic E-state index is 0.569. The molecule has 0 saturated heterocycles. The maximum absolute atomic E-state index is 4.68. The van der Waals surface area contributed by atoms with E-state index in [1.165, 1.54) is 5.56 Å². The van der Waals surface area contributed by atoms with Crippen molar-refractivity contribution in [2.45, 2.75) is 6.92 Å². The van der Waals surface area contributed by atoms with Crippen LogP contribution >= 0.6 is 0 Å². The first-order valence-corrected chi connectivity index (χ1v) is 8.20. The highest BCUT2D eigenvalue weighted by Gasteiger charge is 2.08. The van der Waals surface area contributed by atoms with Crippen molar-refractivity contribution >= 4 is 34.0 Å². The first kappa shape index (κ1) is 15.1. The Morgan fingerprint density at radius 2 is 1.32 bits per heavy atom. The van der Waals surface area contributed by atoms with E-state index in [1.807, 2.05) is 54.6 Å². The van der Waals surface area contributed by atoms with Gasteiger partial charge in [0.2, 0.25) is 5.95 Å². The van der Waals surface area contributed by atoms with Crippen molar-refractivity contribution in [1.82, 2.24) is 9.97 Å². The summed E-state index contributed by atoms with van der Waals surface area (Å²) in [7, 11) is 0. The largest absolute Gasteiger partial charge is 0.340 e. The van der Waals surface area contributed by atoms with Crippen LogP contribution in [0.2, 0.25) is 0 Å². The Hall–Kier alpha value is -3.40. The zero-order valence-electron chi connectivity index (χ0n) is 13.9. The van der Waals surface area contributed by atoms with Crippen LogP contribution in [-0.4, -0.2) is 9.97 Å². The zero-order chi connectivity index (χ0) is 17.1. The van der Waals surface area contributed by atoms with Crippen LogP contribution in [0.5, 0.6) is 0 Å². The lowest BCUT2D eigenvalue weighted by Crippen LogP contribution is -2.02. The molecule has 1 heterocycles. The number of para-hydroxylation sites is 2. The first-order chi connectivity index (χ1) is 12.3. The van der Waals surface area contributed by atoms with Crippen LogP contribution in [0.15, 0.2) is 78.9 Å². The quantitative estimate of drug-likeness (QED) is 0.525. The molecule has 0 unspecified atom stereocenters. The first-order valence-electron chi connectivity index (χ1n) is 8.20. The SMILES string of the molecule is Cc1ccc(Nc2nc(Nc3ccccc3)nc3ccccc23)cc1. The molecule has 2 N–H and O–H groups in total. The number of nitrogens with one attached hydrogen (secondary N) is 2. The topological polar surface area (TPSA) is 49.8 Å². The van der Waals surface area contributed by atoms with E-state index in [1.54, 1.807) is 0 Å². The molecule has 4 rings (SSSR count). The number of fused-ring (bicyclic) bond motifs is 1. The van der Waals surface area contributed by atoms with Gasteiger partial charge in [0.25, 0.3) is 0 Å². The number of hydrogen-bond donors (Lipinski definition) is 2. The van der Waals surface area contributed by atoms with Crippen LogP contribution in [0.25, 0.3) is 10.9 Å². The lowest BCUT2D eigenvalue weighted by atomic mass is 10.2. The molecule has 0 amide bonds. The van der Waals surface area contributed by atoms with Crippen molar-refractivity contribution in [1.29, 1.82) is 0 Å². The highest BCUT2D eigenvalue weighted by atomic mass is 15.1. The summed E-state index contributed by atoms with van der Waals surface area (Å²) in [5, 5.41) is 7.67. The van der Waals surface area contributed by atoms with Gasteiger partial charge in [0.1, 0.15) is 5.82 Å². The van der Waals surface area contributed by atoms with Gasteiger partial charge in [-0.3, -0.25) is 0 Å². The summed E-state index contributed by atoms with van der Waals surface area (Å²) in [4.78, 5) is 9.31. The molecule has 0 aliphatic carbocycles. The van der Waals surface area contributed by atoms with Gasteiger partial charge in [0.05, 0.1) is 5.52 Å². The molecule has 0 radical (unpaired) electrons. The fraction of sp³-hybridized carbons (Fsp3) is 0.0476. The maximum Gasteiger partial charge on any atom is 0.229 e. The minimum atomic E-state index is 0.569. The van der Waals surface area contributed by atoms with Gasteiger partial charge in [-0.25, -0.2) is 4.98 Å². The average molecular weight is 326 g/mol. The lowest BCUT2D eigenvalue weighted by molar-refractivity contribution is 1.21. The van der Waals surface area contributed by atoms with Gasteiger partial charge >= 0.3 is 0 Å². The molecule has 4 nitrogen and oxygen atoms in total. The lowest BCUT2D eigenvalue weighted by Gasteiger charge is -2.12. The summed E-state index contributed by atoms with van der Waals surface area (Å²) in [6, 6.07) is 26.2. The Bertz CT molecular complexity index is 995. The molecule has 0 saturated carbocycles. The van der Waals surface area contributed by atoms with E-state index in [0.717, 1.165) is 28.1 Å². The second-order valence-corrected chi connectivity index (χ2v) is 5.90. The third-order valence-corrected chi connectivity index (χ3v) is 3.95. The van der Waals surface area contributed by atoms with Gasteiger partial charge in [0, 0.05) is 16.8 Å². The molecule has 0 atom stereocenters. The van der Waals surface area contributed by atoms with Crippen LogP contribution < -0.4 is 10.6 Å². The number of aryl methyl sites for hydroxylation is 1. The summed E-state index contributed by atoms with van der Waals surface area (Å²) < 4.78 is 0. The van der Waals surface area contributed by atoms with Gasteiger partial charge in [-0.1, -0.05) is 48.0 Å². The summed E-state index contributed by atoms with van der Waals surface area (Å²) >= 11 is 0. The van der Waals surface area contributed by atoms with Crippen molar-refractivity contribution in [2.75, 3.05) is 10.6 Å². The van der Waals surface area contributed by atoms with Gasteiger partial charge in [-0.05, 0) is 43.3 Å². The Kier molecular flexibility index (Phi) is 4.01. The predicted molar refractivity (Wildman–Crippen MR) is 104 cm³/mol. The standard InChI is InChI=1S/C21H18N4/c1-15-11-13-17(14-12-15)22-20-18-9-5-6-10-19(18)24-21(25-20)23-16-7-3-2-4-8-16/h2-14H,1H3,(H2,22,23,24,25). The van der Waals surface area contributed by atoms with E-state index < -0.39 is 0 Å². The molecule has 0 bridgehead atoms. The van der Waals surface area contributed by atoms with E-state index >= 15 is 0 Å². The van der Waals surface area contributed by atoms with E-state index in [9.17, 15) is 0 Å². The monoisotopic (exact) mass is 326 g/mol. The van der Waals surface area contributed by atoms with Gasteiger partial charge < -0.3 is 10.6 Å². The second-order valence-electron chi connectivity index (χ2n) is 5.90. The molecule has 1 aromatic heterocycles. The highest BCUT2D eigenvalue weighted by Crippen LogP contribution is 2.26. The Morgan fingerprint density at radius 1 is 0.640 bits per heavy atom. The van der Waals surface area contributed by atoms with Crippen molar-refractivity contribution in [3.05, 3.63) is 84.4 Å². The van der Waals surface area contributed by atoms with Crippen molar-refractivity contribution in [3.8, 4) is 0 Å². The summed E-state index contributed by atoms with van der Waals surface area (Å²) in [5.74, 6) is 1.35. The molecule has 122 valence electrons. The van der Waals surface area contributed by atoms with Crippen molar-refractivity contribution < 1.29 is 0 Å². The molecule has 4 heteroatoms. The van der Waals surface area contributed by atoms with E-state index in [0.29, 0.717) is 5.95 Å². The summed E-state index contributed by atoms with van der Waals surface area (Å²) in [6.07, 6.45) is 0. The molecule has 25 heavy (non-hydrogen) atoms. The second kappa shape index (κ2) is 6.61. The number of nitrogens with zero attached hydrogens (tertiary/aromatic N) is 2. The molecule has 4 aromatic rings. The van der Waals surface area contributed by atoms with Crippen molar-refractivity contribution in [3.63, 3.8) is 0 Å². The fourth-order valence-corrected chi connectivity index (χ4v) is 2.65. The van der Waals surface area contributed by atoms with E-state index in [4.69, 9.17) is 0 Å². The Balaban J connectivity index is 1.74. The molecular weight excluding hydrogens is 308 g/mol. The third kappa shape index (κ3) is 3.43. The van der Waals surface area contributed by atoms with Crippen LogP contribution in [-0.2, 0) is 0 Å². The minimum Gasteiger partial charge on any atom is -0.340 e. The molecule has 0 spiro atoms.